The Hall–Kier alpha value is -3.09. The molecule has 1 aliphatic rings. The Labute approximate surface area is 181 Å². The molecular weight excluding hydrogens is 420 g/mol. The third kappa shape index (κ3) is 4.25. The molecule has 1 fully saturated rings. The molecule has 4 rings (SSSR count). The lowest BCUT2D eigenvalue weighted by atomic mass is 10.2. The summed E-state index contributed by atoms with van der Waals surface area (Å²) in [5.74, 6) is 1.71. The normalized spacial score (nSPS) is 15.7. The third-order valence-electron chi connectivity index (χ3n) is 4.73. The van der Waals surface area contributed by atoms with Crippen LogP contribution >= 0.6 is 23.1 Å². The van der Waals surface area contributed by atoms with Crippen molar-refractivity contribution in [2.75, 3.05) is 16.9 Å². The molecule has 1 unspecified atom stereocenters. The number of rotatable bonds is 5. The molecule has 1 atom stereocenters. The first-order valence-corrected chi connectivity index (χ1v) is 11.3. The van der Waals surface area contributed by atoms with Crippen molar-refractivity contribution in [3.05, 3.63) is 58.8 Å². The maximum atomic E-state index is 12.9. The zero-order chi connectivity index (χ0) is 21.1. The van der Waals surface area contributed by atoms with Crippen LogP contribution in [0.5, 0.6) is 0 Å². The average Bonchev–Trinajstić information content (AvgIpc) is 3.50. The summed E-state index contributed by atoms with van der Waals surface area (Å²) < 4.78 is 5.72. The van der Waals surface area contributed by atoms with E-state index < -0.39 is 6.04 Å². The highest BCUT2D eigenvalue weighted by atomic mass is 32.2. The summed E-state index contributed by atoms with van der Waals surface area (Å²) in [6.45, 7) is 1.79. The fourth-order valence-corrected chi connectivity index (χ4v) is 4.93. The van der Waals surface area contributed by atoms with Gasteiger partial charge in [-0.1, -0.05) is 6.07 Å². The molecule has 0 saturated carbocycles. The largest absolute Gasteiger partial charge is 0.440 e. The van der Waals surface area contributed by atoms with E-state index in [4.69, 9.17) is 9.68 Å². The Bertz CT molecular complexity index is 1100. The molecule has 1 N–H and O–H groups in total. The second-order valence-electron chi connectivity index (χ2n) is 6.73. The van der Waals surface area contributed by atoms with Crippen molar-refractivity contribution in [2.24, 2.45) is 0 Å². The number of nitriles is 1. The van der Waals surface area contributed by atoms with Gasteiger partial charge < -0.3 is 14.6 Å². The maximum absolute atomic E-state index is 12.9. The van der Waals surface area contributed by atoms with Gasteiger partial charge >= 0.3 is 0 Å². The van der Waals surface area contributed by atoms with E-state index >= 15 is 0 Å². The summed E-state index contributed by atoms with van der Waals surface area (Å²) in [5.41, 5.74) is 1.70. The standard InChI is InChI=1S/C21H18N4O3S2/c1-13-16(24-21(28-13)18-3-2-8-30-18)9-19(26)25-12-29-11-17(25)20(27)23-15-6-4-14(10-22)5-7-15/h2-8,17H,9,11-12H2,1H3,(H,23,27). The first-order valence-electron chi connectivity index (χ1n) is 9.23. The van der Waals surface area contributed by atoms with Crippen LogP contribution in [0.4, 0.5) is 5.69 Å². The summed E-state index contributed by atoms with van der Waals surface area (Å²) in [4.78, 5) is 32.7. The Morgan fingerprint density at radius 1 is 1.33 bits per heavy atom. The minimum absolute atomic E-state index is 0.0852. The van der Waals surface area contributed by atoms with E-state index in [0.717, 1.165) is 4.88 Å². The van der Waals surface area contributed by atoms with E-state index in [0.29, 0.717) is 40.2 Å². The number of nitrogens with zero attached hydrogens (tertiary/aromatic N) is 3. The monoisotopic (exact) mass is 438 g/mol. The number of thioether (sulfide) groups is 1. The van der Waals surface area contributed by atoms with Crippen molar-refractivity contribution in [1.82, 2.24) is 9.88 Å². The van der Waals surface area contributed by atoms with E-state index in [1.807, 2.05) is 23.6 Å². The Morgan fingerprint density at radius 2 is 2.13 bits per heavy atom. The number of amides is 2. The number of carbonyl (C=O) groups is 2. The van der Waals surface area contributed by atoms with Crippen LogP contribution in [-0.4, -0.2) is 39.4 Å². The van der Waals surface area contributed by atoms with Crippen molar-refractivity contribution >= 4 is 40.6 Å². The number of aryl methyl sites for hydroxylation is 1. The number of aromatic nitrogens is 1. The molecule has 2 amide bonds. The fraction of sp³-hybridized carbons (Fsp3) is 0.238. The number of hydrogen-bond acceptors (Lipinski definition) is 7. The molecule has 7 nitrogen and oxygen atoms in total. The van der Waals surface area contributed by atoms with Gasteiger partial charge in [-0.15, -0.1) is 23.1 Å². The van der Waals surface area contributed by atoms with Gasteiger partial charge in [0.2, 0.25) is 17.7 Å². The lowest BCUT2D eigenvalue weighted by Gasteiger charge is -2.23. The zero-order valence-electron chi connectivity index (χ0n) is 16.1. The van der Waals surface area contributed by atoms with Crippen LogP contribution in [0.25, 0.3) is 10.8 Å². The van der Waals surface area contributed by atoms with Gasteiger partial charge in [0, 0.05) is 11.4 Å². The predicted molar refractivity (Wildman–Crippen MR) is 116 cm³/mol. The van der Waals surface area contributed by atoms with Crippen LogP contribution < -0.4 is 5.32 Å². The van der Waals surface area contributed by atoms with Gasteiger partial charge in [-0.2, -0.15) is 5.26 Å². The molecule has 30 heavy (non-hydrogen) atoms. The zero-order valence-corrected chi connectivity index (χ0v) is 17.8. The molecular formula is C21H18N4O3S2. The minimum Gasteiger partial charge on any atom is -0.440 e. The molecule has 3 heterocycles. The Kier molecular flexibility index (Phi) is 5.88. The summed E-state index contributed by atoms with van der Waals surface area (Å²) >= 11 is 3.06. The second kappa shape index (κ2) is 8.73. The van der Waals surface area contributed by atoms with Crippen LogP contribution in [0, 0.1) is 18.3 Å². The second-order valence-corrected chi connectivity index (χ2v) is 8.68. The summed E-state index contributed by atoms with van der Waals surface area (Å²) in [6, 6.07) is 12.0. The number of benzene rings is 1. The molecule has 1 saturated heterocycles. The fourth-order valence-electron chi connectivity index (χ4n) is 3.10. The number of thiophene rings is 1. The molecule has 0 spiro atoms. The topological polar surface area (TPSA) is 99.2 Å². The molecule has 2 aromatic heterocycles. The van der Waals surface area contributed by atoms with E-state index in [-0.39, 0.29) is 18.2 Å². The van der Waals surface area contributed by atoms with Gasteiger partial charge in [-0.25, -0.2) is 4.98 Å². The predicted octanol–water partition coefficient (Wildman–Crippen LogP) is 3.67. The van der Waals surface area contributed by atoms with Crippen LogP contribution in [0.2, 0.25) is 0 Å². The molecule has 152 valence electrons. The first kappa shape index (κ1) is 20.2. The van der Waals surface area contributed by atoms with Crippen LogP contribution in [0.1, 0.15) is 17.0 Å². The van der Waals surface area contributed by atoms with Gasteiger partial charge in [0.05, 0.1) is 34.5 Å². The molecule has 1 aromatic carbocycles. The molecule has 1 aliphatic heterocycles. The minimum atomic E-state index is -0.554. The molecule has 0 radical (unpaired) electrons. The SMILES string of the molecule is Cc1oc(-c2cccs2)nc1CC(=O)N1CSCC1C(=O)Nc1ccc(C#N)cc1. The summed E-state index contributed by atoms with van der Waals surface area (Å²) in [6.07, 6.45) is 0.0852. The third-order valence-corrected chi connectivity index (χ3v) is 6.60. The highest BCUT2D eigenvalue weighted by Gasteiger charge is 2.35. The number of carbonyl (C=O) groups excluding carboxylic acids is 2. The summed E-state index contributed by atoms with van der Waals surface area (Å²) in [7, 11) is 0. The molecule has 0 bridgehead atoms. The first-order chi connectivity index (χ1) is 14.5. The van der Waals surface area contributed by atoms with E-state index in [1.54, 1.807) is 47.9 Å². The van der Waals surface area contributed by atoms with Crippen molar-refractivity contribution in [3.8, 4) is 16.8 Å². The Balaban J connectivity index is 1.43. The van der Waals surface area contributed by atoms with E-state index in [1.165, 1.54) is 11.3 Å². The van der Waals surface area contributed by atoms with E-state index in [9.17, 15) is 9.59 Å². The number of nitrogens with one attached hydrogen (secondary N) is 1. The lowest BCUT2D eigenvalue weighted by molar-refractivity contribution is -0.135. The average molecular weight is 439 g/mol. The summed E-state index contributed by atoms with van der Waals surface area (Å²) in [5, 5.41) is 13.7. The van der Waals surface area contributed by atoms with Gasteiger partial charge in [0.15, 0.2) is 0 Å². The van der Waals surface area contributed by atoms with Crippen LogP contribution in [0.3, 0.4) is 0 Å². The van der Waals surface area contributed by atoms with Gasteiger partial charge in [0.1, 0.15) is 11.8 Å². The lowest BCUT2D eigenvalue weighted by Crippen LogP contribution is -2.45. The van der Waals surface area contributed by atoms with Gasteiger partial charge in [-0.05, 0) is 42.6 Å². The smallest absolute Gasteiger partial charge is 0.248 e. The van der Waals surface area contributed by atoms with E-state index in [2.05, 4.69) is 10.3 Å². The Morgan fingerprint density at radius 3 is 2.83 bits per heavy atom. The van der Waals surface area contributed by atoms with Gasteiger partial charge in [0.25, 0.3) is 0 Å². The van der Waals surface area contributed by atoms with Crippen LogP contribution in [-0.2, 0) is 16.0 Å². The quantitative estimate of drug-likeness (QED) is 0.653. The van der Waals surface area contributed by atoms with Crippen molar-refractivity contribution in [2.45, 2.75) is 19.4 Å². The maximum Gasteiger partial charge on any atom is 0.248 e. The number of oxazole rings is 1. The highest BCUT2D eigenvalue weighted by Crippen LogP contribution is 2.28. The van der Waals surface area contributed by atoms with Crippen molar-refractivity contribution in [1.29, 1.82) is 5.26 Å². The van der Waals surface area contributed by atoms with Crippen molar-refractivity contribution < 1.29 is 14.0 Å². The van der Waals surface area contributed by atoms with Crippen LogP contribution in [0.15, 0.2) is 46.2 Å². The van der Waals surface area contributed by atoms with Gasteiger partial charge in [-0.3, -0.25) is 9.59 Å². The molecule has 0 aliphatic carbocycles. The molecule has 3 aromatic rings. The number of anilines is 1. The number of hydrogen-bond donors (Lipinski definition) is 1. The molecule has 9 heteroatoms. The van der Waals surface area contributed by atoms with Crippen molar-refractivity contribution in [3.63, 3.8) is 0 Å². The highest BCUT2D eigenvalue weighted by molar-refractivity contribution is 7.99.